The number of ether oxygens (including phenoxy) is 3. The van der Waals surface area contributed by atoms with Crippen molar-refractivity contribution in [3.63, 3.8) is 0 Å². The number of nitrogens with zero attached hydrogens (tertiary/aromatic N) is 4. The Bertz CT molecular complexity index is 1070. The van der Waals surface area contributed by atoms with E-state index >= 15 is 0 Å². The molecule has 0 aliphatic heterocycles. The van der Waals surface area contributed by atoms with Gasteiger partial charge < -0.3 is 14.2 Å². The Morgan fingerprint density at radius 3 is 1.89 bits per heavy atom. The zero-order valence-electron chi connectivity index (χ0n) is 22.7. The number of methoxy groups -OCH3 is 2. The van der Waals surface area contributed by atoms with Crippen LogP contribution in [0.15, 0.2) is 58.8 Å². The summed E-state index contributed by atoms with van der Waals surface area (Å²) in [6, 6.07) is 15.9. The van der Waals surface area contributed by atoms with Gasteiger partial charge in [-0.05, 0) is 61.2 Å². The van der Waals surface area contributed by atoms with Crippen LogP contribution in [0.3, 0.4) is 0 Å². The maximum atomic E-state index is 5.85. The topological polar surface area (TPSA) is 78.2 Å². The van der Waals surface area contributed by atoms with Crippen LogP contribution in [0.2, 0.25) is 0 Å². The SMILES string of the molecule is CCCCCCOc1ccc(-c2nc(OC)c(N=Nc3ccc(CCCCCC)cc3)c(OC)n2)cc1. The summed E-state index contributed by atoms with van der Waals surface area (Å²) in [6.45, 7) is 5.15. The fourth-order valence-electron chi connectivity index (χ4n) is 3.93. The second-order valence-electron chi connectivity index (χ2n) is 9.02. The first-order chi connectivity index (χ1) is 18.2. The van der Waals surface area contributed by atoms with Gasteiger partial charge in [0.05, 0.1) is 26.5 Å². The molecule has 0 bridgehead atoms. The third kappa shape index (κ3) is 8.85. The number of aromatic nitrogens is 2. The van der Waals surface area contributed by atoms with Crippen LogP contribution in [0, 0.1) is 0 Å². The number of rotatable bonds is 16. The number of hydrogen-bond donors (Lipinski definition) is 0. The van der Waals surface area contributed by atoms with Crippen LogP contribution < -0.4 is 14.2 Å². The minimum Gasteiger partial charge on any atom is -0.494 e. The molecule has 0 unspecified atom stereocenters. The van der Waals surface area contributed by atoms with E-state index in [1.165, 1.54) is 50.5 Å². The maximum Gasteiger partial charge on any atom is 0.249 e. The first kappa shape index (κ1) is 28.1. The highest BCUT2D eigenvalue weighted by Crippen LogP contribution is 2.37. The van der Waals surface area contributed by atoms with Gasteiger partial charge in [-0.25, -0.2) is 0 Å². The predicted octanol–water partition coefficient (Wildman–Crippen LogP) is 8.66. The fraction of sp³-hybridized carbons (Fsp3) is 0.467. The van der Waals surface area contributed by atoms with Crippen molar-refractivity contribution in [1.29, 1.82) is 0 Å². The van der Waals surface area contributed by atoms with Crippen LogP contribution in [0.25, 0.3) is 11.4 Å². The van der Waals surface area contributed by atoms with Gasteiger partial charge >= 0.3 is 0 Å². The molecule has 3 aromatic rings. The summed E-state index contributed by atoms with van der Waals surface area (Å²) in [4.78, 5) is 9.13. The summed E-state index contributed by atoms with van der Waals surface area (Å²) in [7, 11) is 3.10. The molecule has 3 rings (SSSR count). The predicted molar refractivity (Wildman–Crippen MR) is 149 cm³/mol. The van der Waals surface area contributed by atoms with Crippen LogP contribution in [0.4, 0.5) is 11.4 Å². The van der Waals surface area contributed by atoms with Crippen molar-refractivity contribution >= 4 is 11.4 Å². The largest absolute Gasteiger partial charge is 0.494 e. The molecule has 198 valence electrons. The van der Waals surface area contributed by atoms with Crippen molar-refractivity contribution in [1.82, 2.24) is 9.97 Å². The normalized spacial score (nSPS) is 11.1. The van der Waals surface area contributed by atoms with E-state index in [0.29, 0.717) is 23.3 Å². The molecule has 7 nitrogen and oxygen atoms in total. The number of benzene rings is 2. The molecule has 0 atom stereocenters. The van der Waals surface area contributed by atoms with Gasteiger partial charge in [-0.3, -0.25) is 0 Å². The van der Waals surface area contributed by atoms with Crippen molar-refractivity contribution in [2.75, 3.05) is 20.8 Å². The summed E-state index contributed by atoms with van der Waals surface area (Å²) >= 11 is 0. The van der Waals surface area contributed by atoms with E-state index in [1.54, 1.807) is 14.2 Å². The smallest absolute Gasteiger partial charge is 0.249 e. The Morgan fingerprint density at radius 2 is 1.30 bits per heavy atom. The molecule has 0 saturated carbocycles. The lowest BCUT2D eigenvalue weighted by Crippen LogP contribution is -1.99. The fourth-order valence-corrected chi connectivity index (χ4v) is 3.93. The van der Waals surface area contributed by atoms with Crippen molar-refractivity contribution in [2.45, 2.75) is 71.6 Å². The van der Waals surface area contributed by atoms with Crippen LogP contribution in [-0.2, 0) is 6.42 Å². The van der Waals surface area contributed by atoms with Gasteiger partial charge in [0.15, 0.2) is 5.82 Å². The highest BCUT2D eigenvalue weighted by Gasteiger charge is 2.17. The molecule has 0 radical (unpaired) electrons. The van der Waals surface area contributed by atoms with E-state index in [0.717, 1.165) is 36.4 Å². The zero-order valence-corrected chi connectivity index (χ0v) is 22.7. The molecule has 0 amide bonds. The van der Waals surface area contributed by atoms with Gasteiger partial charge in [-0.1, -0.05) is 64.5 Å². The molecule has 0 aliphatic rings. The third-order valence-corrected chi connectivity index (χ3v) is 6.11. The molecule has 7 heteroatoms. The number of hydrogen-bond acceptors (Lipinski definition) is 7. The average Bonchev–Trinajstić information content (AvgIpc) is 2.94. The van der Waals surface area contributed by atoms with Crippen LogP contribution in [0.5, 0.6) is 17.5 Å². The summed E-state index contributed by atoms with van der Waals surface area (Å²) < 4.78 is 16.9. The van der Waals surface area contributed by atoms with E-state index < -0.39 is 0 Å². The molecule has 0 saturated heterocycles. The van der Waals surface area contributed by atoms with E-state index in [9.17, 15) is 0 Å². The lowest BCUT2D eigenvalue weighted by Gasteiger charge is -2.10. The number of unbranched alkanes of at least 4 members (excludes halogenated alkanes) is 6. The Kier molecular flexibility index (Phi) is 11.8. The van der Waals surface area contributed by atoms with Gasteiger partial charge in [0.25, 0.3) is 0 Å². The monoisotopic (exact) mass is 504 g/mol. The Balaban J connectivity index is 1.70. The number of azo groups is 1. The molecule has 0 fully saturated rings. The lowest BCUT2D eigenvalue weighted by atomic mass is 10.1. The van der Waals surface area contributed by atoms with E-state index in [2.05, 4.69) is 46.2 Å². The molecule has 0 N–H and O–H groups in total. The first-order valence-corrected chi connectivity index (χ1v) is 13.4. The first-order valence-electron chi connectivity index (χ1n) is 13.4. The van der Waals surface area contributed by atoms with Crippen LogP contribution >= 0.6 is 0 Å². The molecule has 0 spiro atoms. The van der Waals surface area contributed by atoms with Gasteiger partial charge in [0, 0.05) is 5.56 Å². The van der Waals surface area contributed by atoms with E-state index in [4.69, 9.17) is 14.2 Å². The van der Waals surface area contributed by atoms with E-state index in [1.807, 2.05) is 36.4 Å². The van der Waals surface area contributed by atoms with Crippen LogP contribution in [-0.4, -0.2) is 30.8 Å². The molecule has 1 heterocycles. The van der Waals surface area contributed by atoms with Gasteiger partial charge in [-0.2, -0.15) is 15.1 Å². The molecular weight excluding hydrogens is 464 g/mol. The van der Waals surface area contributed by atoms with Gasteiger partial charge in [0.2, 0.25) is 17.4 Å². The summed E-state index contributed by atoms with van der Waals surface area (Å²) in [6.07, 6.45) is 10.8. The molecule has 37 heavy (non-hydrogen) atoms. The second-order valence-corrected chi connectivity index (χ2v) is 9.02. The zero-order chi connectivity index (χ0) is 26.3. The summed E-state index contributed by atoms with van der Waals surface area (Å²) in [5.74, 6) is 1.91. The molecule has 0 aliphatic carbocycles. The highest BCUT2D eigenvalue weighted by molar-refractivity contribution is 5.64. The van der Waals surface area contributed by atoms with Crippen molar-refractivity contribution in [3.8, 4) is 28.9 Å². The molecular formula is C30H40N4O3. The maximum absolute atomic E-state index is 5.85. The summed E-state index contributed by atoms with van der Waals surface area (Å²) in [5.41, 5.74) is 3.24. The molecule has 1 aromatic heterocycles. The second kappa shape index (κ2) is 15.6. The van der Waals surface area contributed by atoms with Crippen molar-refractivity contribution in [3.05, 3.63) is 54.1 Å². The third-order valence-electron chi connectivity index (χ3n) is 6.11. The minimum atomic E-state index is 0.300. The van der Waals surface area contributed by atoms with Crippen molar-refractivity contribution < 1.29 is 14.2 Å². The lowest BCUT2D eigenvalue weighted by molar-refractivity contribution is 0.305. The Labute approximate surface area is 221 Å². The number of aryl methyl sites for hydroxylation is 1. The Morgan fingerprint density at radius 1 is 0.676 bits per heavy atom. The molecule has 2 aromatic carbocycles. The van der Waals surface area contributed by atoms with E-state index in [-0.39, 0.29) is 0 Å². The standard InChI is InChI=1S/C30H40N4O3/c1-5-7-9-11-13-23-14-18-25(19-15-23)33-34-27-29(35-3)31-28(32-30(27)36-4)24-16-20-26(21-17-24)37-22-12-10-8-6-2/h14-21H,5-13,22H2,1-4H3. The quantitative estimate of drug-likeness (QED) is 0.144. The van der Waals surface area contributed by atoms with Crippen LogP contribution in [0.1, 0.15) is 70.8 Å². The Hall–Kier alpha value is -3.48. The van der Waals surface area contributed by atoms with Gasteiger partial charge in [-0.15, -0.1) is 5.11 Å². The summed E-state index contributed by atoms with van der Waals surface area (Å²) in [5, 5.41) is 8.74. The highest BCUT2D eigenvalue weighted by atomic mass is 16.5. The van der Waals surface area contributed by atoms with Gasteiger partial charge in [0.1, 0.15) is 5.75 Å². The van der Waals surface area contributed by atoms with Crippen molar-refractivity contribution in [2.24, 2.45) is 10.2 Å². The minimum absolute atomic E-state index is 0.300. The average molecular weight is 505 g/mol.